The zero-order chi connectivity index (χ0) is 17.2. The average molecular weight is 343 g/mol. The van der Waals surface area contributed by atoms with E-state index in [2.05, 4.69) is 17.2 Å². The molecule has 0 spiro atoms. The summed E-state index contributed by atoms with van der Waals surface area (Å²) in [4.78, 5) is 12.4. The maximum atomic E-state index is 13.4. The Balaban J connectivity index is 2.30. The summed E-state index contributed by atoms with van der Waals surface area (Å²) in [6.45, 7) is 5.34. The first-order chi connectivity index (χ1) is 10.7. The lowest BCUT2D eigenvalue weighted by atomic mass is 9.67. The fourth-order valence-electron chi connectivity index (χ4n) is 3.14. The van der Waals surface area contributed by atoms with E-state index in [4.69, 9.17) is 11.6 Å². The standard InChI is InChI=1S/C17H21ClF2N2O/c1-10(2)22-16(23)15(21-3)14(12-8-17(19,20)9-12)11-4-6-13(18)7-5-11/h4-7,12,14-15,21H,1,8-9H2,2-3H3,(H,22,23). The molecule has 0 bridgehead atoms. The SMILES string of the molecule is C=C(C)NC(=O)C(NC)C(c1ccc(Cl)cc1)C1CC(F)(F)C1. The number of halogens is 3. The summed E-state index contributed by atoms with van der Waals surface area (Å²) >= 11 is 5.91. The normalized spacial score (nSPS) is 19.5. The van der Waals surface area contributed by atoms with Crippen molar-refractivity contribution in [1.29, 1.82) is 0 Å². The first kappa shape index (κ1) is 17.9. The highest BCUT2D eigenvalue weighted by Crippen LogP contribution is 2.50. The van der Waals surface area contributed by atoms with Crippen LogP contribution in [0.3, 0.4) is 0 Å². The summed E-state index contributed by atoms with van der Waals surface area (Å²) < 4.78 is 26.7. The fraction of sp³-hybridized carbons (Fsp3) is 0.471. The lowest BCUT2D eigenvalue weighted by Gasteiger charge is -2.43. The number of nitrogens with one attached hydrogen (secondary N) is 2. The smallest absolute Gasteiger partial charge is 0.248 e. The molecule has 0 radical (unpaired) electrons. The van der Waals surface area contributed by atoms with Crippen LogP contribution < -0.4 is 10.6 Å². The average Bonchev–Trinajstić information content (AvgIpc) is 2.42. The van der Waals surface area contributed by atoms with Crippen LogP contribution in [0.1, 0.15) is 31.2 Å². The second-order valence-electron chi connectivity index (χ2n) is 6.14. The monoisotopic (exact) mass is 342 g/mol. The summed E-state index contributed by atoms with van der Waals surface area (Å²) in [5.41, 5.74) is 1.34. The van der Waals surface area contributed by atoms with Gasteiger partial charge in [0, 0.05) is 29.5 Å². The van der Waals surface area contributed by atoms with Crippen LogP contribution in [0.5, 0.6) is 0 Å². The van der Waals surface area contributed by atoms with Crippen LogP contribution in [0.2, 0.25) is 5.02 Å². The molecular formula is C17H21ClF2N2O. The molecule has 2 unspecified atom stereocenters. The minimum absolute atomic E-state index is 0.209. The van der Waals surface area contributed by atoms with Gasteiger partial charge in [-0.1, -0.05) is 30.3 Å². The molecule has 2 rings (SSSR count). The van der Waals surface area contributed by atoms with Crippen LogP contribution in [0.15, 0.2) is 36.5 Å². The summed E-state index contributed by atoms with van der Waals surface area (Å²) in [6, 6.07) is 6.40. The second kappa shape index (κ2) is 6.97. The van der Waals surface area contributed by atoms with Crippen LogP contribution in [-0.2, 0) is 4.79 Å². The van der Waals surface area contributed by atoms with Gasteiger partial charge in [0.05, 0.1) is 6.04 Å². The Kier molecular flexibility index (Phi) is 5.42. The van der Waals surface area contributed by atoms with E-state index >= 15 is 0 Å². The number of likely N-dealkylation sites (N-methyl/N-ethyl adjacent to an activating group) is 1. The van der Waals surface area contributed by atoms with E-state index in [1.54, 1.807) is 38.2 Å². The van der Waals surface area contributed by atoms with Crippen LogP contribution >= 0.6 is 11.6 Å². The van der Waals surface area contributed by atoms with Gasteiger partial charge in [-0.2, -0.15) is 0 Å². The number of alkyl halides is 2. The third-order valence-corrected chi connectivity index (χ3v) is 4.43. The Morgan fingerprint density at radius 1 is 1.35 bits per heavy atom. The van der Waals surface area contributed by atoms with Gasteiger partial charge in [-0.3, -0.25) is 4.79 Å². The molecule has 1 aliphatic rings. The van der Waals surface area contributed by atoms with Crippen LogP contribution in [0, 0.1) is 5.92 Å². The van der Waals surface area contributed by atoms with Crippen molar-refractivity contribution in [2.45, 2.75) is 37.6 Å². The van der Waals surface area contributed by atoms with Crippen LogP contribution in [0.25, 0.3) is 0 Å². The van der Waals surface area contributed by atoms with Crippen molar-refractivity contribution in [3.8, 4) is 0 Å². The van der Waals surface area contributed by atoms with E-state index in [1.807, 2.05) is 0 Å². The van der Waals surface area contributed by atoms with Crippen molar-refractivity contribution >= 4 is 17.5 Å². The van der Waals surface area contributed by atoms with Gasteiger partial charge in [-0.25, -0.2) is 8.78 Å². The van der Waals surface area contributed by atoms with E-state index in [0.717, 1.165) is 5.56 Å². The fourth-order valence-corrected chi connectivity index (χ4v) is 3.27. The summed E-state index contributed by atoms with van der Waals surface area (Å²) in [5.74, 6) is -3.52. The molecule has 0 heterocycles. The number of hydrogen-bond donors (Lipinski definition) is 2. The third kappa shape index (κ3) is 4.30. The largest absolute Gasteiger partial charge is 0.329 e. The zero-order valence-electron chi connectivity index (χ0n) is 13.2. The van der Waals surface area contributed by atoms with Crippen molar-refractivity contribution in [3.63, 3.8) is 0 Å². The van der Waals surface area contributed by atoms with E-state index < -0.39 is 12.0 Å². The molecule has 1 aliphatic carbocycles. The second-order valence-corrected chi connectivity index (χ2v) is 6.57. The lowest BCUT2D eigenvalue weighted by molar-refractivity contribution is -0.132. The highest BCUT2D eigenvalue weighted by molar-refractivity contribution is 6.30. The van der Waals surface area contributed by atoms with E-state index in [-0.39, 0.29) is 30.6 Å². The molecule has 0 aromatic heterocycles. The third-order valence-electron chi connectivity index (χ3n) is 4.17. The van der Waals surface area contributed by atoms with Gasteiger partial charge < -0.3 is 10.6 Å². The molecule has 2 N–H and O–H groups in total. The highest BCUT2D eigenvalue weighted by Gasteiger charge is 2.51. The number of carbonyl (C=O) groups excluding carboxylic acids is 1. The highest BCUT2D eigenvalue weighted by atomic mass is 35.5. The van der Waals surface area contributed by atoms with Crippen molar-refractivity contribution in [2.75, 3.05) is 7.05 Å². The van der Waals surface area contributed by atoms with Crippen LogP contribution in [0.4, 0.5) is 8.78 Å². The Morgan fingerprint density at radius 3 is 2.35 bits per heavy atom. The molecule has 126 valence electrons. The number of allylic oxidation sites excluding steroid dienone is 1. The van der Waals surface area contributed by atoms with Gasteiger partial charge >= 0.3 is 0 Å². The first-order valence-electron chi connectivity index (χ1n) is 7.50. The van der Waals surface area contributed by atoms with Gasteiger partial charge in [0.1, 0.15) is 0 Å². The molecule has 23 heavy (non-hydrogen) atoms. The molecule has 3 nitrogen and oxygen atoms in total. The Hall–Kier alpha value is -1.46. The summed E-state index contributed by atoms with van der Waals surface area (Å²) in [6.07, 6.45) is -0.419. The quantitative estimate of drug-likeness (QED) is 0.827. The molecular weight excluding hydrogens is 322 g/mol. The van der Waals surface area contributed by atoms with Gasteiger partial charge in [0.25, 0.3) is 0 Å². The van der Waals surface area contributed by atoms with Crippen molar-refractivity contribution in [1.82, 2.24) is 10.6 Å². The molecule has 2 atom stereocenters. The molecule has 0 aliphatic heterocycles. The van der Waals surface area contributed by atoms with Crippen molar-refractivity contribution < 1.29 is 13.6 Å². The number of rotatable bonds is 6. The molecule has 6 heteroatoms. The molecule has 1 aromatic carbocycles. The van der Waals surface area contributed by atoms with Gasteiger partial charge in [0.2, 0.25) is 11.8 Å². The predicted octanol–water partition coefficient (Wildman–Crippen LogP) is 3.71. The van der Waals surface area contributed by atoms with Gasteiger partial charge in [-0.05, 0) is 37.6 Å². The van der Waals surface area contributed by atoms with Crippen molar-refractivity contribution in [3.05, 3.63) is 47.1 Å². The van der Waals surface area contributed by atoms with Gasteiger partial charge in [0.15, 0.2) is 0 Å². The number of benzene rings is 1. The maximum absolute atomic E-state index is 13.4. The van der Waals surface area contributed by atoms with Gasteiger partial charge in [-0.15, -0.1) is 0 Å². The molecule has 0 saturated heterocycles. The van der Waals surface area contributed by atoms with E-state index in [9.17, 15) is 13.6 Å². The predicted molar refractivity (Wildman–Crippen MR) is 87.7 cm³/mol. The molecule has 1 saturated carbocycles. The number of hydrogen-bond acceptors (Lipinski definition) is 2. The first-order valence-corrected chi connectivity index (χ1v) is 7.88. The maximum Gasteiger partial charge on any atom is 0.248 e. The minimum Gasteiger partial charge on any atom is -0.329 e. The Labute approximate surface area is 140 Å². The Bertz CT molecular complexity index is 581. The summed E-state index contributed by atoms with van der Waals surface area (Å²) in [5, 5.41) is 6.20. The minimum atomic E-state index is -2.64. The van der Waals surface area contributed by atoms with E-state index in [0.29, 0.717) is 10.7 Å². The topological polar surface area (TPSA) is 41.1 Å². The zero-order valence-corrected chi connectivity index (χ0v) is 14.0. The molecule has 1 amide bonds. The summed E-state index contributed by atoms with van der Waals surface area (Å²) in [7, 11) is 1.66. The van der Waals surface area contributed by atoms with E-state index in [1.165, 1.54) is 0 Å². The van der Waals surface area contributed by atoms with Crippen molar-refractivity contribution in [2.24, 2.45) is 5.92 Å². The number of carbonyl (C=O) groups is 1. The molecule has 1 fully saturated rings. The molecule has 1 aromatic rings. The number of amides is 1. The van der Waals surface area contributed by atoms with Crippen LogP contribution in [-0.4, -0.2) is 24.9 Å². The Morgan fingerprint density at radius 2 is 1.91 bits per heavy atom. The lowest BCUT2D eigenvalue weighted by Crippen LogP contribution is -2.51.